The number of anilines is 1. The van der Waals surface area contributed by atoms with Gasteiger partial charge in [0.25, 0.3) is 11.6 Å². The van der Waals surface area contributed by atoms with Crippen molar-refractivity contribution in [2.24, 2.45) is 0 Å². The van der Waals surface area contributed by atoms with E-state index in [4.69, 9.17) is 11.6 Å². The summed E-state index contributed by atoms with van der Waals surface area (Å²) >= 11 is 6.27. The van der Waals surface area contributed by atoms with Gasteiger partial charge in [-0.15, -0.1) is 0 Å². The number of nitro benzene ring substituents is 1. The van der Waals surface area contributed by atoms with Crippen LogP contribution < -0.4 is 5.32 Å². The molecule has 1 amide bonds. The summed E-state index contributed by atoms with van der Waals surface area (Å²) in [4.78, 5) is 25.1. The second-order valence-corrected chi connectivity index (χ2v) is 5.96. The van der Waals surface area contributed by atoms with Gasteiger partial charge >= 0.3 is 0 Å². The Balaban J connectivity index is 2.10. The summed E-state index contributed by atoms with van der Waals surface area (Å²) in [7, 11) is 0. The van der Waals surface area contributed by atoms with E-state index in [9.17, 15) is 14.9 Å². The van der Waals surface area contributed by atoms with Gasteiger partial charge in [-0.1, -0.05) is 30.7 Å². The normalized spacial score (nSPS) is 16.5. The molecule has 124 valence electrons. The van der Waals surface area contributed by atoms with E-state index in [1.807, 2.05) is 25.1 Å². The third-order valence-electron chi connectivity index (χ3n) is 3.97. The second kappa shape index (κ2) is 6.49. The Morgan fingerprint density at radius 1 is 1.29 bits per heavy atom. The van der Waals surface area contributed by atoms with Gasteiger partial charge in [-0.2, -0.15) is 0 Å². The SMILES string of the molecule is CCCN1C(=O)c2ccccc2N[C@@H]1c1cc([N+](=O)[O-])ccc1Cl. The maximum Gasteiger partial charge on any atom is 0.269 e. The molecule has 0 unspecified atom stereocenters. The molecule has 7 heteroatoms. The van der Waals surface area contributed by atoms with E-state index in [-0.39, 0.29) is 11.6 Å². The zero-order chi connectivity index (χ0) is 17.3. The van der Waals surface area contributed by atoms with E-state index in [2.05, 4.69) is 5.32 Å². The van der Waals surface area contributed by atoms with Gasteiger partial charge in [0.2, 0.25) is 0 Å². The third kappa shape index (κ3) is 2.80. The fourth-order valence-corrected chi connectivity index (χ4v) is 3.08. The largest absolute Gasteiger partial charge is 0.361 e. The molecule has 2 aromatic rings. The van der Waals surface area contributed by atoms with Crippen LogP contribution in [-0.4, -0.2) is 22.3 Å². The molecular formula is C17H16ClN3O3. The molecule has 0 fully saturated rings. The molecular weight excluding hydrogens is 330 g/mol. The van der Waals surface area contributed by atoms with Crippen molar-refractivity contribution in [1.29, 1.82) is 0 Å². The van der Waals surface area contributed by atoms with Crippen LogP contribution in [-0.2, 0) is 0 Å². The zero-order valence-corrected chi connectivity index (χ0v) is 13.8. The van der Waals surface area contributed by atoms with Crippen LogP contribution in [0, 0.1) is 10.1 Å². The molecule has 1 aliphatic heterocycles. The standard InChI is InChI=1S/C17H16ClN3O3/c1-2-9-20-16(13-10-11(21(23)24)7-8-14(13)18)19-15-6-4-3-5-12(15)17(20)22/h3-8,10,16,19H,2,9H2,1H3/t16-/m0/s1. The van der Waals surface area contributed by atoms with E-state index in [1.165, 1.54) is 18.2 Å². The highest BCUT2D eigenvalue weighted by molar-refractivity contribution is 6.31. The number of non-ortho nitro benzene ring substituents is 1. The highest BCUT2D eigenvalue weighted by Gasteiger charge is 2.33. The monoisotopic (exact) mass is 345 g/mol. The number of hydrogen-bond donors (Lipinski definition) is 1. The number of carbonyl (C=O) groups is 1. The van der Waals surface area contributed by atoms with E-state index >= 15 is 0 Å². The molecule has 1 atom stereocenters. The van der Waals surface area contributed by atoms with Gasteiger partial charge in [0.05, 0.1) is 10.5 Å². The first-order valence-electron chi connectivity index (χ1n) is 7.63. The molecule has 0 spiro atoms. The van der Waals surface area contributed by atoms with Crippen molar-refractivity contribution in [3.05, 3.63) is 68.7 Å². The first-order chi connectivity index (χ1) is 11.5. The molecule has 0 aromatic heterocycles. The Hall–Kier alpha value is -2.60. The van der Waals surface area contributed by atoms with Gasteiger partial charge < -0.3 is 10.2 Å². The van der Waals surface area contributed by atoms with Gasteiger partial charge in [-0.05, 0) is 24.6 Å². The van der Waals surface area contributed by atoms with Crippen molar-refractivity contribution in [2.45, 2.75) is 19.5 Å². The Bertz CT molecular complexity index is 809. The molecule has 24 heavy (non-hydrogen) atoms. The smallest absolute Gasteiger partial charge is 0.269 e. The number of nitrogens with zero attached hydrogens (tertiary/aromatic N) is 2. The quantitative estimate of drug-likeness (QED) is 0.664. The lowest BCUT2D eigenvalue weighted by Crippen LogP contribution is -2.43. The van der Waals surface area contributed by atoms with E-state index < -0.39 is 11.1 Å². The number of para-hydroxylation sites is 1. The minimum atomic E-state index is -0.542. The van der Waals surface area contributed by atoms with Crippen LogP contribution in [0.3, 0.4) is 0 Å². The molecule has 0 saturated heterocycles. The van der Waals surface area contributed by atoms with Crippen LogP contribution >= 0.6 is 11.6 Å². The number of halogens is 1. The van der Waals surface area contributed by atoms with Crippen LogP contribution in [0.1, 0.15) is 35.4 Å². The topological polar surface area (TPSA) is 75.5 Å². The minimum Gasteiger partial charge on any atom is -0.361 e. The van der Waals surface area contributed by atoms with Crippen LogP contribution in [0.25, 0.3) is 0 Å². The van der Waals surface area contributed by atoms with Crippen LogP contribution in [0.2, 0.25) is 5.02 Å². The second-order valence-electron chi connectivity index (χ2n) is 5.55. The number of nitrogens with one attached hydrogen (secondary N) is 1. The van der Waals surface area contributed by atoms with Gasteiger partial charge in [0.15, 0.2) is 0 Å². The fraction of sp³-hybridized carbons (Fsp3) is 0.235. The molecule has 0 bridgehead atoms. The number of fused-ring (bicyclic) bond motifs is 1. The first kappa shape index (κ1) is 16.3. The summed E-state index contributed by atoms with van der Waals surface area (Å²) in [5, 5.41) is 14.7. The van der Waals surface area contributed by atoms with Gasteiger partial charge in [0.1, 0.15) is 6.17 Å². The van der Waals surface area contributed by atoms with Crippen molar-refractivity contribution in [1.82, 2.24) is 4.90 Å². The molecule has 2 aromatic carbocycles. The average Bonchev–Trinajstić information content (AvgIpc) is 2.58. The molecule has 1 heterocycles. The molecule has 0 aliphatic carbocycles. The number of amides is 1. The summed E-state index contributed by atoms with van der Waals surface area (Å²) in [6.45, 7) is 2.49. The number of hydrogen-bond acceptors (Lipinski definition) is 4. The third-order valence-corrected chi connectivity index (χ3v) is 4.32. The molecule has 0 saturated carbocycles. The molecule has 1 aliphatic rings. The van der Waals surface area contributed by atoms with E-state index in [1.54, 1.807) is 11.0 Å². The summed E-state index contributed by atoms with van der Waals surface area (Å²) in [6.07, 6.45) is 0.221. The summed E-state index contributed by atoms with van der Waals surface area (Å²) in [6, 6.07) is 11.5. The first-order valence-corrected chi connectivity index (χ1v) is 8.01. The maximum absolute atomic E-state index is 12.8. The van der Waals surface area contributed by atoms with Crippen molar-refractivity contribution in [2.75, 3.05) is 11.9 Å². The van der Waals surface area contributed by atoms with Crippen molar-refractivity contribution < 1.29 is 9.72 Å². The van der Waals surface area contributed by atoms with E-state index in [0.29, 0.717) is 28.4 Å². The minimum absolute atomic E-state index is 0.0565. The molecule has 0 radical (unpaired) electrons. The summed E-state index contributed by atoms with van der Waals surface area (Å²) < 4.78 is 0. The molecule has 1 N–H and O–H groups in total. The Morgan fingerprint density at radius 3 is 2.75 bits per heavy atom. The molecule has 6 nitrogen and oxygen atoms in total. The number of rotatable bonds is 4. The lowest BCUT2D eigenvalue weighted by atomic mass is 10.0. The lowest BCUT2D eigenvalue weighted by Gasteiger charge is -2.38. The summed E-state index contributed by atoms with van der Waals surface area (Å²) in [5.41, 5.74) is 1.74. The fourth-order valence-electron chi connectivity index (χ4n) is 2.86. The Labute approximate surface area is 144 Å². The predicted octanol–water partition coefficient (Wildman–Crippen LogP) is 4.22. The van der Waals surface area contributed by atoms with Crippen molar-refractivity contribution in [3.63, 3.8) is 0 Å². The average molecular weight is 346 g/mol. The highest BCUT2D eigenvalue weighted by Crippen LogP contribution is 2.37. The summed E-state index contributed by atoms with van der Waals surface area (Å²) in [5.74, 6) is -0.112. The van der Waals surface area contributed by atoms with Crippen LogP contribution in [0.15, 0.2) is 42.5 Å². The molecule has 3 rings (SSSR count). The predicted molar refractivity (Wildman–Crippen MR) is 92.2 cm³/mol. The number of nitro groups is 1. The highest BCUT2D eigenvalue weighted by atomic mass is 35.5. The Kier molecular flexibility index (Phi) is 4.40. The zero-order valence-electron chi connectivity index (χ0n) is 13.0. The van der Waals surface area contributed by atoms with Gasteiger partial charge in [-0.25, -0.2) is 0 Å². The Morgan fingerprint density at radius 2 is 2.04 bits per heavy atom. The lowest BCUT2D eigenvalue weighted by molar-refractivity contribution is -0.384. The van der Waals surface area contributed by atoms with Crippen LogP contribution in [0.4, 0.5) is 11.4 Å². The van der Waals surface area contributed by atoms with Crippen LogP contribution in [0.5, 0.6) is 0 Å². The van der Waals surface area contributed by atoms with Gasteiger partial charge in [-0.3, -0.25) is 14.9 Å². The van der Waals surface area contributed by atoms with Gasteiger partial charge in [0, 0.05) is 35.0 Å². The van der Waals surface area contributed by atoms with Crippen molar-refractivity contribution >= 4 is 28.9 Å². The number of carbonyl (C=O) groups excluding carboxylic acids is 1. The maximum atomic E-state index is 12.8. The van der Waals surface area contributed by atoms with E-state index in [0.717, 1.165) is 6.42 Å². The number of benzene rings is 2. The van der Waals surface area contributed by atoms with Crippen molar-refractivity contribution in [3.8, 4) is 0 Å².